The molecule has 9 heteroatoms. The Morgan fingerprint density at radius 3 is 2.08 bits per heavy atom. The molecule has 0 aliphatic carbocycles. The summed E-state index contributed by atoms with van der Waals surface area (Å²) in [5.41, 5.74) is 3.64. The van der Waals surface area contributed by atoms with Crippen molar-refractivity contribution in [3.63, 3.8) is 0 Å². The van der Waals surface area contributed by atoms with Gasteiger partial charge >= 0.3 is 5.97 Å². The molecule has 0 unspecified atom stereocenters. The summed E-state index contributed by atoms with van der Waals surface area (Å²) in [5, 5.41) is 0. The number of carbonyl (C=O) groups excluding carboxylic acids is 2. The first-order valence-corrected chi connectivity index (χ1v) is 12.7. The molecular formula is C30H26N4O5. The Kier molecular flexibility index (Phi) is 6.88. The van der Waals surface area contributed by atoms with Crippen LogP contribution in [0.25, 0.3) is 33.9 Å². The van der Waals surface area contributed by atoms with Gasteiger partial charge in [0.1, 0.15) is 11.4 Å². The number of ether oxygens (including phenoxy) is 1. The number of hydrogen-bond donors (Lipinski definition) is 0. The Bertz CT molecular complexity index is 1570. The first kappa shape index (κ1) is 24.6. The summed E-state index contributed by atoms with van der Waals surface area (Å²) < 4.78 is 16.5. The molecule has 1 aliphatic heterocycles. The van der Waals surface area contributed by atoms with Gasteiger partial charge in [0, 0.05) is 32.7 Å². The van der Waals surface area contributed by atoms with Gasteiger partial charge < -0.3 is 18.5 Å². The van der Waals surface area contributed by atoms with Crippen molar-refractivity contribution in [2.45, 2.75) is 6.54 Å². The van der Waals surface area contributed by atoms with Gasteiger partial charge in [-0.05, 0) is 48.0 Å². The fourth-order valence-corrected chi connectivity index (χ4v) is 4.65. The SMILES string of the molecule is O=C(OCC(=O)N1CCN(Cc2ccccc2)CC1)c1ccc2nc(-c3ccco3)c(-c3ccco3)nc2c1. The molecule has 0 radical (unpaired) electrons. The average molecular weight is 523 g/mol. The Labute approximate surface area is 224 Å². The number of fused-ring (bicyclic) bond motifs is 1. The molecule has 1 fully saturated rings. The predicted molar refractivity (Wildman–Crippen MR) is 144 cm³/mol. The number of furan rings is 2. The molecule has 0 bridgehead atoms. The topological polar surface area (TPSA) is 102 Å². The molecule has 3 aromatic heterocycles. The Morgan fingerprint density at radius 1 is 0.769 bits per heavy atom. The number of rotatable bonds is 7. The second-order valence-corrected chi connectivity index (χ2v) is 9.30. The quantitative estimate of drug-likeness (QED) is 0.285. The zero-order valence-corrected chi connectivity index (χ0v) is 21.2. The van der Waals surface area contributed by atoms with Crippen molar-refractivity contribution in [1.29, 1.82) is 0 Å². The first-order chi connectivity index (χ1) is 19.1. The van der Waals surface area contributed by atoms with E-state index >= 15 is 0 Å². The highest BCUT2D eigenvalue weighted by Crippen LogP contribution is 2.31. The lowest BCUT2D eigenvalue weighted by Gasteiger charge is -2.34. The monoisotopic (exact) mass is 522 g/mol. The van der Waals surface area contributed by atoms with E-state index in [0.29, 0.717) is 47.0 Å². The lowest BCUT2D eigenvalue weighted by molar-refractivity contribution is -0.136. The Hall–Kier alpha value is -4.76. The number of amides is 1. The summed E-state index contributed by atoms with van der Waals surface area (Å²) in [5.74, 6) is 0.285. The maximum Gasteiger partial charge on any atom is 0.338 e. The molecule has 1 amide bonds. The standard InChI is InChI=1S/C30H26N4O5/c35-27(34-14-12-33(13-15-34)19-21-6-2-1-3-7-21)20-39-30(36)22-10-11-23-24(18-22)32-29(26-9-5-17-38-26)28(31-23)25-8-4-16-37-25/h1-11,16-18H,12-15,19-20H2. The van der Waals surface area contributed by atoms with Crippen LogP contribution in [0.4, 0.5) is 0 Å². The summed E-state index contributed by atoms with van der Waals surface area (Å²) >= 11 is 0. The molecule has 196 valence electrons. The van der Waals surface area contributed by atoms with Crippen LogP contribution in [-0.4, -0.2) is 64.4 Å². The van der Waals surface area contributed by atoms with E-state index in [-0.39, 0.29) is 18.1 Å². The summed E-state index contributed by atoms with van der Waals surface area (Å²) in [4.78, 5) is 39.0. The van der Waals surface area contributed by atoms with Crippen molar-refractivity contribution in [3.05, 3.63) is 96.4 Å². The fraction of sp³-hybridized carbons (Fsp3) is 0.200. The van der Waals surface area contributed by atoms with E-state index < -0.39 is 5.97 Å². The normalized spacial score (nSPS) is 14.0. The molecule has 1 aliphatic rings. The van der Waals surface area contributed by atoms with Crippen molar-refractivity contribution >= 4 is 22.9 Å². The molecule has 0 saturated carbocycles. The highest BCUT2D eigenvalue weighted by atomic mass is 16.5. The van der Waals surface area contributed by atoms with Gasteiger partial charge in [0.25, 0.3) is 5.91 Å². The van der Waals surface area contributed by atoms with Crippen molar-refractivity contribution in [2.24, 2.45) is 0 Å². The van der Waals surface area contributed by atoms with Crippen LogP contribution < -0.4 is 0 Å². The van der Waals surface area contributed by atoms with Gasteiger partial charge in [0.05, 0.1) is 29.1 Å². The predicted octanol–water partition coefficient (Wildman–Crippen LogP) is 4.65. The van der Waals surface area contributed by atoms with Crippen LogP contribution in [-0.2, 0) is 16.1 Å². The minimum absolute atomic E-state index is 0.202. The zero-order chi connectivity index (χ0) is 26.6. The average Bonchev–Trinajstić information content (AvgIpc) is 3.71. The fourth-order valence-electron chi connectivity index (χ4n) is 4.65. The Morgan fingerprint density at radius 2 is 1.44 bits per heavy atom. The largest absolute Gasteiger partial charge is 0.463 e. The van der Waals surface area contributed by atoms with E-state index in [1.165, 1.54) is 5.56 Å². The highest BCUT2D eigenvalue weighted by molar-refractivity contribution is 5.95. The van der Waals surface area contributed by atoms with E-state index in [2.05, 4.69) is 17.0 Å². The van der Waals surface area contributed by atoms with Gasteiger partial charge in [0.2, 0.25) is 0 Å². The van der Waals surface area contributed by atoms with Gasteiger partial charge in [-0.3, -0.25) is 9.69 Å². The molecule has 0 N–H and O–H groups in total. The highest BCUT2D eigenvalue weighted by Gasteiger charge is 2.23. The minimum atomic E-state index is -0.593. The Balaban J connectivity index is 1.11. The molecule has 0 spiro atoms. The zero-order valence-electron chi connectivity index (χ0n) is 21.2. The molecule has 5 aromatic rings. The lowest BCUT2D eigenvalue weighted by atomic mass is 10.1. The van der Waals surface area contributed by atoms with Crippen LogP contribution in [0.3, 0.4) is 0 Å². The molecule has 9 nitrogen and oxygen atoms in total. The third-order valence-electron chi connectivity index (χ3n) is 6.71. The molecule has 4 heterocycles. The molecular weight excluding hydrogens is 496 g/mol. The van der Waals surface area contributed by atoms with Crippen LogP contribution in [0.2, 0.25) is 0 Å². The number of esters is 1. The molecule has 39 heavy (non-hydrogen) atoms. The van der Waals surface area contributed by atoms with E-state index in [1.807, 2.05) is 18.2 Å². The first-order valence-electron chi connectivity index (χ1n) is 12.7. The van der Waals surface area contributed by atoms with Crippen molar-refractivity contribution < 1.29 is 23.2 Å². The third kappa shape index (κ3) is 5.44. The van der Waals surface area contributed by atoms with E-state index in [4.69, 9.17) is 23.5 Å². The van der Waals surface area contributed by atoms with E-state index in [0.717, 1.165) is 19.6 Å². The van der Waals surface area contributed by atoms with E-state index in [1.54, 1.807) is 59.9 Å². The maximum absolute atomic E-state index is 12.8. The van der Waals surface area contributed by atoms with Crippen molar-refractivity contribution in [2.75, 3.05) is 32.8 Å². The number of nitrogens with zero attached hydrogens (tertiary/aromatic N) is 4. The molecule has 6 rings (SSSR count). The van der Waals surface area contributed by atoms with Crippen molar-refractivity contribution in [1.82, 2.24) is 19.8 Å². The maximum atomic E-state index is 12.8. The lowest BCUT2D eigenvalue weighted by Crippen LogP contribution is -2.49. The number of hydrogen-bond acceptors (Lipinski definition) is 8. The number of benzene rings is 2. The van der Waals surface area contributed by atoms with Crippen LogP contribution >= 0.6 is 0 Å². The molecule has 2 aromatic carbocycles. The van der Waals surface area contributed by atoms with Crippen LogP contribution in [0.1, 0.15) is 15.9 Å². The van der Waals surface area contributed by atoms with Gasteiger partial charge in [-0.15, -0.1) is 0 Å². The summed E-state index contributed by atoms with van der Waals surface area (Å²) in [7, 11) is 0. The number of carbonyl (C=O) groups is 2. The summed E-state index contributed by atoms with van der Waals surface area (Å²) in [6.45, 7) is 3.29. The van der Waals surface area contributed by atoms with Gasteiger partial charge in [-0.1, -0.05) is 30.3 Å². The summed E-state index contributed by atoms with van der Waals surface area (Å²) in [6.07, 6.45) is 3.12. The number of piperazine rings is 1. The summed E-state index contributed by atoms with van der Waals surface area (Å²) in [6, 6.07) is 22.3. The van der Waals surface area contributed by atoms with Gasteiger partial charge in [0.15, 0.2) is 18.1 Å². The van der Waals surface area contributed by atoms with Gasteiger partial charge in [-0.25, -0.2) is 14.8 Å². The van der Waals surface area contributed by atoms with Crippen LogP contribution in [0.15, 0.2) is 94.2 Å². The van der Waals surface area contributed by atoms with Gasteiger partial charge in [-0.2, -0.15) is 0 Å². The third-order valence-corrected chi connectivity index (χ3v) is 6.71. The second-order valence-electron chi connectivity index (χ2n) is 9.30. The minimum Gasteiger partial charge on any atom is -0.463 e. The van der Waals surface area contributed by atoms with Crippen LogP contribution in [0.5, 0.6) is 0 Å². The second kappa shape index (κ2) is 10.9. The van der Waals surface area contributed by atoms with Crippen LogP contribution in [0, 0.1) is 0 Å². The van der Waals surface area contributed by atoms with E-state index in [9.17, 15) is 9.59 Å². The molecule has 1 saturated heterocycles. The smallest absolute Gasteiger partial charge is 0.338 e. The molecule has 0 atom stereocenters. The number of aromatic nitrogens is 2. The van der Waals surface area contributed by atoms with Crippen molar-refractivity contribution in [3.8, 4) is 22.9 Å².